The molecule has 3 aromatic carbocycles. The van der Waals surface area contributed by atoms with Gasteiger partial charge in [-0.3, -0.25) is 25.2 Å². The number of hydrogen-bond acceptors (Lipinski definition) is 6. The van der Waals surface area contributed by atoms with Gasteiger partial charge in [-0.05, 0) is 62.4 Å². The highest BCUT2D eigenvalue weighted by molar-refractivity contribution is 5.84. The molecule has 8 nitrogen and oxygen atoms in total. The van der Waals surface area contributed by atoms with Crippen LogP contribution in [0.2, 0.25) is 0 Å². The molecule has 2 atom stereocenters. The third kappa shape index (κ3) is 8.00. The minimum absolute atomic E-state index is 0.0207. The van der Waals surface area contributed by atoms with Gasteiger partial charge < -0.3 is 4.74 Å². The van der Waals surface area contributed by atoms with E-state index >= 15 is 0 Å². The molecule has 0 unspecified atom stereocenters. The van der Waals surface area contributed by atoms with Gasteiger partial charge in [-0.1, -0.05) is 85.6 Å². The maximum atomic E-state index is 13.3. The number of nitrogens with zero attached hydrogens (tertiary/aromatic N) is 3. The van der Waals surface area contributed by atoms with Gasteiger partial charge >= 0.3 is 6.09 Å². The van der Waals surface area contributed by atoms with Crippen LogP contribution in [0.15, 0.2) is 84.9 Å². The molecule has 1 aliphatic heterocycles. The third-order valence-electron chi connectivity index (χ3n) is 8.60. The molecule has 1 amide bonds. The summed E-state index contributed by atoms with van der Waals surface area (Å²) in [7, 11) is 0. The Hall–Kier alpha value is -3.75. The van der Waals surface area contributed by atoms with E-state index < -0.39 is 17.2 Å². The average Bonchev–Trinajstić information content (AvgIpc) is 3.09. The monoisotopic (exact) mass is 584 g/mol. The number of anilines is 1. The van der Waals surface area contributed by atoms with Gasteiger partial charge in [-0.25, -0.2) is 4.79 Å². The van der Waals surface area contributed by atoms with Crippen LogP contribution in [-0.2, 0) is 24.2 Å². The Morgan fingerprint density at radius 1 is 0.837 bits per heavy atom. The van der Waals surface area contributed by atoms with Crippen LogP contribution in [0.4, 0.5) is 10.5 Å². The number of nitrogens with one attached hydrogen (secondary N) is 1. The van der Waals surface area contributed by atoms with Gasteiger partial charge in [0, 0.05) is 42.2 Å². The van der Waals surface area contributed by atoms with E-state index in [1.54, 1.807) is 12.1 Å². The molecule has 3 aromatic rings. The lowest BCUT2D eigenvalue weighted by atomic mass is 9.88. The summed E-state index contributed by atoms with van der Waals surface area (Å²) < 4.78 is 5.37. The summed E-state index contributed by atoms with van der Waals surface area (Å²) in [6, 6.07) is 28.5. The Balaban J connectivity index is 1.46. The van der Waals surface area contributed by atoms with E-state index in [0.717, 1.165) is 31.2 Å². The molecule has 0 aromatic heterocycles. The van der Waals surface area contributed by atoms with Gasteiger partial charge in [0.15, 0.2) is 0 Å². The molecule has 2 fully saturated rings. The molecular formula is C35H44N4O4. The van der Waals surface area contributed by atoms with Crippen molar-refractivity contribution in [2.75, 3.05) is 18.4 Å². The van der Waals surface area contributed by atoms with Gasteiger partial charge in [0.1, 0.15) is 5.60 Å². The molecule has 1 saturated carbocycles. The van der Waals surface area contributed by atoms with Gasteiger partial charge in [0.05, 0.1) is 13.1 Å². The molecule has 0 bridgehead atoms. The van der Waals surface area contributed by atoms with E-state index in [4.69, 9.17) is 4.74 Å². The highest BCUT2D eigenvalue weighted by Gasteiger charge is 2.52. The van der Waals surface area contributed by atoms with E-state index in [9.17, 15) is 14.9 Å². The molecule has 0 spiro atoms. The zero-order chi connectivity index (χ0) is 30.5. The zero-order valence-corrected chi connectivity index (χ0v) is 25.6. The van der Waals surface area contributed by atoms with E-state index in [1.807, 2.05) is 69.3 Å². The van der Waals surface area contributed by atoms with Crippen molar-refractivity contribution >= 4 is 11.8 Å². The van der Waals surface area contributed by atoms with Gasteiger partial charge in [0.25, 0.3) is 5.54 Å². The number of rotatable bonds is 8. The first-order valence-electron chi connectivity index (χ1n) is 15.4. The van der Waals surface area contributed by atoms with Crippen molar-refractivity contribution in [1.29, 1.82) is 0 Å². The van der Waals surface area contributed by atoms with Crippen LogP contribution in [0.3, 0.4) is 0 Å². The number of carbonyl (C=O) groups is 1. The molecule has 228 valence electrons. The minimum Gasteiger partial charge on any atom is -0.444 e. The third-order valence-corrected chi connectivity index (χ3v) is 8.60. The predicted molar refractivity (Wildman–Crippen MR) is 169 cm³/mol. The fourth-order valence-electron chi connectivity index (χ4n) is 6.77. The van der Waals surface area contributed by atoms with Crippen LogP contribution in [-0.4, -0.2) is 57.1 Å². The van der Waals surface area contributed by atoms with Crippen molar-refractivity contribution in [1.82, 2.24) is 9.80 Å². The minimum atomic E-state index is -1.21. The lowest BCUT2D eigenvalue weighted by Crippen LogP contribution is -2.54. The molecule has 1 N–H and O–H groups in total. The lowest BCUT2D eigenvalue weighted by molar-refractivity contribution is -0.570. The topological polar surface area (TPSA) is 87.9 Å². The maximum Gasteiger partial charge on any atom is 0.412 e. The van der Waals surface area contributed by atoms with Gasteiger partial charge in [0.2, 0.25) is 0 Å². The van der Waals surface area contributed by atoms with Gasteiger partial charge in [-0.2, -0.15) is 0 Å². The number of hydrogen-bond donors (Lipinski definition) is 1. The van der Waals surface area contributed by atoms with Crippen molar-refractivity contribution in [3.63, 3.8) is 0 Å². The van der Waals surface area contributed by atoms with Crippen LogP contribution in [0.5, 0.6) is 0 Å². The van der Waals surface area contributed by atoms with E-state index in [-0.39, 0.29) is 17.0 Å². The molecular weight excluding hydrogens is 540 g/mol. The van der Waals surface area contributed by atoms with Crippen LogP contribution >= 0.6 is 0 Å². The number of fused-ring (bicyclic) bond motifs is 1. The van der Waals surface area contributed by atoms with Crippen molar-refractivity contribution in [3.8, 4) is 0 Å². The highest BCUT2D eigenvalue weighted by atomic mass is 16.6. The number of amides is 1. The van der Waals surface area contributed by atoms with Gasteiger partial charge in [-0.15, -0.1) is 0 Å². The maximum absolute atomic E-state index is 13.3. The molecule has 0 radical (unpaired) electrons. The smallest absolute Gasteiger partial charge is 0.412 e. The first-order chi connectivity index (χ1) is 20.6. The summed E-state index contributed by atoms with van der Waals surface area (Å²) in [5, 5.41) is 16.0. The molecule has 8 heteroatoms. The normalized spacial score (nSPS) is 20.9. The number of benzene rings is 3. The molecule has 43 heavy (non-hydrogen) atoms. The molecule has 1 aliphatic carbocycles. The molecule has 2 aliphatic rings. The standard InChI is InChI=1S/C35H44N4O4/c1-34(2,3)43-33(40)36-30-20-18-27(19-21-30)22-35(39(41)42)25-37(23-28-12-6-4-7-13-28)31-16-10-11-17-32(31)38(26-35)24-29-14-8-5-9-15-29/h4-9,12-15,18-21,31-32H,10-11,16-17,22-26H2,1-3H3,(H,36,40)/t31-,32-/m1/s1. The molecule has 5 rings (SSSR count). The second-order valence-electron chi connectivity index (χ2n) is 13.2. The van der Waals surface area contributed by atoms with Crippen LogP contribution in [0.25, 0.3) is 0 Å². The Morgan fingerprint density at radius 3 is 1.77 bits per heavy atom. The lowest BCUT2D eigenvalue weighted by Gasteiger charge is -2.42. The number of carbonyl (C=O) groups excluding carboxylic acids is 1. The van der Waals surface area contributed by atoms with E-state index in [1.165, 1.54) is 11.1 Å². The number of nitro groups is 1. The van der Waals surface area contributed by atoms with Crippen LogP contribution < -0.4 is 5.32 Å². The van der Waals surface area contributed by atoms with Crippen molar-refractivity contribution < 1.29 is 14.5 Å². The SMILES string of the molecule is CC(C)(C)OC(=O)Nc1ccc(CC2([N+](=O)[O-])CN(Cc3ccccc3)[C@@H]3CCCC[C@H]3N(Cc3ccccc3)C2)cc1. The fourth-order valence-corrected chi connectivity index (χ4v) is 6.77. The second kappa shape index (κ2) is 13.3. The van der Waals surface area contributed by atoms with Crippen LogP contribution in [0.1, 0.15) is 63.1 Å². The zero-order valence-electron chi connectivity index (χ0n) is 25.6. The highest BCUT2D eigenvalue weighted by Crippen LogP contribution is 2.36. The molecule has 1 saturated heterocycles. The Morgan fingerprint density at radius 2 is 1.33 bits per heavy atom. The van der Waals surface area contributed by atoms with Crippen molar-refractivity contribution in [2.45, 2.75) is 89.2 Å². The first-order valence-corrected chi connectivity index (χ1v) is 15.4. The fraction of sp³-hybridized carbons (Fsp3) is 0.457. The first kappa shape index (κ1) is 30.7. The summed E-state index contributed by atoms with van der Waals surface area (Å²) in [6.45, 7) is 7.58. The summed E-state index contributed by atoms with van der Waals surface area (Å²) in [5.41, 5.74) is 2.01. The summed E-state index contributed by atoms with van der Waals surface area (Å²) >= 11 is 0. The van der Waals surface area contributed by atoms with E-state index in [0.29, 0.717) is 38.3 Å². The van der Waals surface area contributed by atoms with E-state index in [2.05, 4.69) is 39.4 Å². The van der Waals surface area contributed by atoms with Crippen molar-refractivity contribution in [2.24, 2.45) is 0 Å². The van der Waals surface area contributed by atoms with Crippen molar-refractivity contribution in [3.05, 3.63) is 112 Å². The Bertz CT molecular complexity index is 1300. The predicted octanol–water partition coefficient (Wildman–Crippen LogP) is 6.92. The Labute approximate surface area is 255 Å². The van der Waals surface area contributed by atoms with Crippen LogP contribution in [0, 0.1) is 10.1 Å². The largest absolute Gasteiger partial charge is 0.444 e. The Kier molecular flexibility index (Phi) is 9.47. The average molecular weight is 585 g/mol. The number of ether oxygens (including phenoxy) is 1. The summed E-state index contributed by atoms with van der Waals surface area (Å²) in [6.07, 6.45) is 4.14. The second-order valence-corrected chi connectivity index (χ2v) is 13.2. The summed E-state index contributed by atoms with van der Waals surface area (Å²) in [4.78, 5) is 30.3. The molecule has 1 heterocycles. The summed E-state index contributed by atoms with van der Waals surface area (Å²) in [5.74, 6) is 0. The quantitative estimate of drug-likeness (QED) is 0.228.